The van der Waals surface area contributed by atoms with Crippen molar-refractivity contribution in [1.29, 1.82) is 0 Å². The first-order valence-corrected chi connectivity index (χ1v) is 7.90. The van der Waals surface area contributed by atoms with E-state index >= 15 is 0 Å². The summed E-state index contributed by atoms with van der Waals surface area (Å²) in [6, 6.07) is 12.6. The Balaban J connectivity index is 1.57. The van der Waals surface area contributed by atoms with Crippen molar-refractivity contribution >= 4 is 40.1 Å². The lowest BCUT2D eigenvalue weighted by atomic mass is 10.1. The molecule has 0 aliphatic heterocycles. The number of aromatic nitrogens is 2. The molecule has 2 heterocycles. The molecule has 1 amide bonds. The number of nitrogens with zero attached hydrogens (tertiary/aromatic N) is 2. The average molecular weight is 356 g/mol. The molecule has 0 saturated carbocycles. The number of hydrogen-bond acceptors (Lipinski definition) is 5. The van der Waals surface area contributed by atoms with Gasteiger partial charge >= 0.3 is 5.97 Å². The number of nitrogens with one attached hydrogen (secondary N) is 1. The highest BCUT2D eigenvalue weighted by Gasteiger charge is 2.12. The monoisotopic (exact) mass is 355 g/mol. The van der Waals surface area contributed by atoms with E-state index in [1.165, 1.54) is 6.20 Å². The van der Waals surface area contributed by atoms with Gasteiger partial charge in [0.25, 0.3) is 5.91 Å². The summed E-state index contributed by atoms with van der Waals surface area (Å²) in [6.45, 7) is -0.401. The third kappa shape index (κ3) is 4.30. The fourth-order valence-electron chi connectivity index (χ4n) is 2.33. The second-order valence-electron chi connectivity index (χ2n) is 5.22. The molecule has 3 rings (SSSR count). The zero-order valence-corrected chi connectivity index (χ0v) is 13.9. The van der Waals surface area contributed by atoms with E-state index in [0.29, 0.717) is 5.69 Å². The number of halogens is 1. The Morgan fingerprint density at radius 2 is 1.80 bits per heavy atom. The topological polar surface area (TPSA) is 81.2 Å². The van der Waals surface area contributed by atoms with Gasteiger partial charge in [-0.1, -0.05) is 35.9 Å². The average Bonchev–Trinajstić information content (AvgIpc) is 2.62. The molecular formula is C18H14ClN3O3. The number of amides is 1. The molecule has 3 aromatic rings. The molecule has 0 radical (unpaired) electrons. The van der Waals surface area contributed by atoms with Gasteiger partial charge in [0.2, 0.25) is 0 Å². The van der Waals surface area contributed by atoms with Gasteiger partial charge in [-0.25, -0.2) is 4.98 Å². The van der Waals surface area contributed by atoms with E-state index in [4.69, 9.17) is 16.3 Å². The molecule has 6 nitrogen and oxygen atoms in total. The van der Waals surface area contributed by atoms with Crippen LogP contribution in [-0.4, -0.2) is 28.5 Å². The van der Waals surface area contributed by atoms with Gasteiger partial charge in [-0.05, 0) is 23.8 Å². The summed E-state index contributed by atoms with van der Waals surface area (Å²) in [5, 5.41) is 3.65. The number of carbonyl (C=O) groups excluding carboxylic acids is 2. The van der Waals surface area contributed by atoms with Crippen LogP contribution in [0.4, 0.5) is 5.69 Å². The lowest BCUT2D eigenvalue weighted by Crippen LogP contribution is -2.22. The van der Waals surface area contributed by atoms with Crippen LogP contribution >= 0.6 is 11.6 Å². The van der Waals surface area contributed by atoms with Crippen LogP contribution in [0.15, 0.2) is 54.9 Å². The van der Waals surface area contributed by atoms with Gasteiger partial charge in [0.05, 0.1) is 17.6 Å². The Hall–Kier alpha value is -2.99. The van der Waals surface area contributed by atoms with E-state index < -0.39 is 18.5 Å². The SMILES string of the molecule is O=C(COC(=O)Cc1cccc2cccnc12)Nc1cccnc1Cl. The van der Waals surface area contributed by atoms with Gasteiger partial charge in [-0.15, -0.1) is 0 Å². The van der Waals surface area contributed by atoms with Crippen LogP contribution in [0.1, 0.15) is 5.56 Å². The van der Waals surface area contributed by atoms with Crippen LogP contribution in [0, 0.1) is 0 Å². The molecule has 126 valence electrons. The molecule has 0 aliphatic carbocycles. The molecule has 0 spiro atoms. The molecule has 7 heteroatoms. The molecule has 0 atom stereocenters. The summed E-state index contributed by atoms with van der Waals surface area (Å²) in [5.74, 6) is -0.995. The molecule has 0 saturated heterocycles. The first-order valence-electron chi connectivity index (χ1n) is 7.52. The number of anilines is 1. The summed E-state index contributed by atoms with van der Waals surface area (Å²) in [6.07, 6.45) is 3.22. The van der Waals surface area contributed by atoms with Crippen molar-refractivity contribution in [2.45, 2.75) is 6.42 Å². The van der Waals surface area contributed by atoms with E-state index in [1.54, 1.807) is 18.3 Å². The predicted octanol–water partition coefficient (Wildman–Crippen LogP) is 3.01. The van der Waals surface area contributed by atoms with E-state index in [2.05, 4.69) is 15.3 Å². The molecule has 0 bridgehead atoms. The van der Waals surface area contributed by atoms with E-state index in [1.807, 2.05) is 30.3 Å². The molecule has 1 aromatic carbocycles. The highest BCUT2D eigenvalue weighted by atomic mass is 35.5. The first kappa shape index (κ1) is 16.9. The number of esters is 1. The molecule has 0 aliphatic rings. The van der Waals surface area contributed by atoms with Gasteiger partial charge in [-0.3, -0.25) is 14.6 Å². The minimum atomic E-state index is -0.509. The Bertz CT molecular complexity index is 925. The first-order chi connectivity index (χ1) is 12.1. The normalized spacial score (nSPS) is 10.4. The Morgan fingerprint density at radius 1 is 1.04 bits per heavy atom. The smallest absolute Gasteiger partial charge is 0.310 e. The third-order valence-corrected chi connectivity index (χ3v) is 3.75. The van der Waals surface area contributed by atoms with E-state index in [9.17, 15) is 9.59 Å². The molecule has 25 heavy (non-hydrogen) atoms. The van der Waals surface area contributed by atoms with Gasteiger partial charge < -0.3 is 10.1 Å². The Morgan fingerprint density at radius 3 is 2.64 bits per heavy atom. The number of benzene rings is 1. The quantitative estimate of drug-likeness (QED) is 0.562. The number of para-hydroxylation sites is 1. The highest BCUT2D eigenvalue weighted by Crippen LogP contribution is 2.18. The number of fused-ring (bicyclic) bond motifs is 1. The lowest BCUT2D eigenvalue weighted by molar-refractivity contribution is -0.146. The molecule has 2 aromatic heterocycles. The standard InChI is InChI=1S/C18H14ClN3O3/c19-18-14(7-3-9-21-18)22-15(23)11-25-16(24)10-13-5-1-4-12-6-2-8-20-17(12)13/h1-9H,10-11H2,(H,22,23). The largest absolute Gasteiger partial charge is 0.455 e. The number of hydrogen-bond donors (Lipinski definition) is 1. The fourth-order valence-corrected chi connectivity index (χ4v) is 2.49. The molecule has 0 fully saturated rings. The lowest BCUT2D eigenvalue weighted by Gasteiger charge is -2.08. The van der Waals surface area contributed by atoms with Crippen LogP contribution in [0.3, 0.4) is 0 Å². The summed E-state index contributed by atoms with van der Waals surface area (Å²) < 4.78 is 5.03. The van der Waals surface area contributed by atoms with Crippen molar-refractivity contribution in [2.75, 3.05) is 11.9 Å². The van der Waals surface area contributed by atoms with Crippen LogP contribution in [-0.2, 0) is 20.7 Å². The fraction of sp³-hybridized carbons (Fsp3) is 0.111. The summed E-state index contributed by atoms with van der Waals surface area (Å²) >= 11 is 5.85. The molecule has 1 N–H and O–H groups in total. The van der Waals surface area contributed by atoms with Crippen LogP contribution < -0.4 is 5.32 Å². The van der Waals surface area contributed by atoms with Gasteiger partial charge in [0, 0.05) is 17.8 Å². The van der Waals surface area contributed by atoms with Crippen LogP contribution in [0.2, 0.25) is 5.15 Å². The highest BCUT2D eigenvalue weighted by molar-refractivity contribution is 6.32. The summed E-state index contributed by atoms with van der Waals surface area (Å²) in [5.41, 5.74) is 1.86. The minimum Gasteiger partial charge on any atom is -0.455 e. The maximum absolute atomic E-state index is 12.0. The number of rotatable bonds is 5. The number of pyridine rings is 2. The Kier molecular flexibility index (Phi) is 5.20. The van der Waals surface area contributed by atoms with Crippen molar-refractivity contribution in [2.24, 2.45) is 0 Å². The predicted molar refractivity (Wildman–Crippen MR) is 94.3 cm³/mol. The number of carbonyl (C=O) groups is 2. The van der Waals surface area contributed by atoms with Crippen molar-refractivity contribution < 1.29 is 14.3 Å². The number of ether oxygens (including phenoxy) is 1. The van der Waals surface area contributed by atoms with Crippen LogP contribution in [0.25, 0.3) is 10.9 Å². The van der Waals surface area contributed by atoms with Gasteiger partial charge in [-0.2, -0.15) is 0 Å². The summed E-state index contributed by atoms with van der Waals surface area (Å²) in [4.78, 5) is 32.0. The van der Waals surface area contributed by atoms with Gasteiger partial charge in [0.15, 0.2) is 11.8 Å². The Labute approximate surface area is 148 Å². The van der Waals surface area contributed by atoms with E-state index in [-0.39, 0.29) is 11.6 Å². The second-order valence-corrected chi connectivity index (χ2v) is 5.58. The maximum Gasteiger partial charge on any atom is 0.310 e. The van der Waals surface area contributed by atoms with Crippen LogP contribution in [0.5, 0.6) is 0 Å². The second kappa shape index (κ2) is 7.72. The van der Waals surface area contributed by atoms with E-state index in [0.717, 1.165) is 16.5 Å². The molecular weight excluding hydrogens is 342 g/mol. The van der Waals surface area contributed by atoms with Crippen molar-refractivity contribution in [3.05, 3.63) is 65.6 Å². The van der Waals surface area contributed by atoms with Crippen molar-refractivity contribution in [3.8, 4) is 0 Å². The van der Waals surface area contributed by atoms with Crippen molar-refractivity contribution in [1.82, 2.24) is 9.97 Å². The minimum absolute atomic E-state index is 0.0370. The summed E-state index contributed by atoms with van der Waals surface area (Å²) in [7, 11) is 0. The zero-order valence-electron chi connectivity index (χ0n) is 13.1. The zero-order chi connectivity index (χ0) is 17.6. The third-order valence-electron chi connectivity index (χ3n) is 3.45. The van der Waals surface area contributed by atoms with Gasteiger partial charge in [0.1, 0.15) is 0 Å². The maximum atomic E-state index is 12.0. The molecule has 0 unspecified atom stereocenters. The van der Waals surface area contributed by atoms with Crippen molar-refractivity contribution in [3.63, 3.8) is 0 Å².